The molecular weight excluding hydrogens is 550 g/mol. The maximum Gasteiger partial charge on any atom is 0.323 e. The lowest BCUT2D eigenvalue weighted by atomic mass is 10.0. The first-order chi connectivity index (χ1) is 20.7. The summed E-state index contributed by atoms with van der Waals surface area (Å²) in [5, 5.41) is 18.4. The van der Waals surface area contributed by atoms with Crippen molar-refractivity contribution in [2.75, 3.05) is 49.8 Å². The Morgan fingerprint density at radius 2 is 1.67 bits per heavy atom. The van der Waals surface area contributed by atoms with Crippen LogP contribution in [0.2, 0.25) is 0 Å². The highest BCUT2D eigenvalue weighted by Gasteiger charge is 2.32. The largest absolute Gasteiger partial charge is 0.497 e. The molecule has 0 bridgehead atoms. The first kappa shape index (κ1) is 31.2. The number of likely N-dealkylation sites (N-methyl/N-ethyl adjacent to an activating group) is 1. The number of fused-ring (bicyclic) bond motifs is 1. The van der Waals surface area contributed by atoms with Gasteiger partial charge >= 0.3 is 12.1 Å². The summed E-state index contributed by atoms with van der Waals surface area (Å²) in [6.07, 6.45) is -0.465. The molecule has 11 heteroatoms. The number of ether oxygens (including phenoxy) is 2. The van der Waals surface area contributed by atoms with Gasteiger partial charge in [0, 0.05) is 42.1 Å². The molecule has 0 aromatic heterocycles. The van der Waals surface area contributed by atoms with Crippen LogP contribution in [-0.4, -0.2) is 78.9 Å². The quantitative estimate of drug-likeness (QED) is 0.302. The molecule has 1 aliphatic rings. The van der Waals surface area contributed by atoms with Crippen LogP contribution in [0.1, 0.15) is 19.4 Å². The van der Waals surface area contributed by atoms with Crippen LogP contribution in [-0.2, 0) is 11.2 Å². The molecule has 0 unspecified atom stereocenters. The van der Waals surface area contributed by atoms with Gasteiger partial charge in [-0.05, 0) is 61.5 Å². The summed E-state index contributed by atoms with van der Waals surface area (Å²) in [5.41, 5.74) is 2.34. The lowest BCUT2D eigenvalue weighted by Gasteiger charge is -2.34. The number of hydrogen-bond donors (Lipinski definition) is 4. The number of aliphatic hydroxyl groups is 1. The van der Waals surface area contributed by atoms with Gasteiger partial charge in [-0.15, -0.1) is 0 Å². The predicted octanol–water partition coefficient (Wildman–Crippen LogP) is 4.65. The predicted molar refractivity (Wildman–Crippen MR) is 166 cm³/mol. The highest BCUT2D eigenvalue weighted by atomic mass is 16.5. The zero-order valence-electron chi connectivity index (χ0n) is 24.9. The van der Waals surface area contributed by atoms with E-state index in [1.807, 2.05) is 25.1 Å². The van der Waals surface area contributed by atoms with Gasteiger partial charge in [-0.3, -0.25) is 4.79 Å². The van der Waals surface area contributed by atoms with E-state index in [1.54, 1.807) is 80.6 Å². The summed E-state index contributed by atoms with van der Waals surface area (Å²) in [5.74, 6) is 0.816. The third kappa shape index (κ3) is 8.39. The fraction of sp³-hybridized carbons (Fsp3) is 0.344. The topological polar surface area (TPSA) is 132 Å². The number of carbonyl (C=O) groups is 3. The van der Waals surface area contributed by atoms with Crippen LogP contribution < -0.4 is 25.4 Å². The minimum absolute atomic E-state index is 0.0166. The van der Waals surface area contributed by atoms with Gasteiger partial charge in [-0.25, -0.2) is 9.59 Å². The number of amides is 5. The molecule has 3 aromatic carbocycles. The Bertz CT molecular complexity index is 1400. The number of anilines is 3. The normalized spacial score (nSPS) is 17.2. The minimum Gasteiger partial charge on any atom is -0.497 e. The first-order valence-corrected chi connectivity index (χ1v) is 14.2. The number of hydrogen-bond acceptors (Lipinski definition) is 6. The van der Waals surface area contributed by atoms with E-state index in [4.69, 9.17) is 9.47 Å². The van der Waals surface area contributed by atoms with Crippen LogP contribution in [0.25, 0.3) is 0 Å². The van der Waals surface area contributed by atoms with Gasteiger partial charge in [0.1, 0.15) is 17.6 Å². The van der Waals surface area contributed by atoms with Crippen molar-refractivity contribution in [2.45, 2.75) is 32.4 Å². The van der Waals surface area contributed by atoms with Crippen LogP contribution in [0.4, 0.5) is 26.7 Å². The maximum absolute atomic E-state index is 13.5. The van der Waals surface area contributed by atoms with E-state index in [0.717, 1.165) is 0 Å². The summed E-state index contributed by atoms with van der Waals surface area (Å²) >= 11 is 0. The Morgan fingerprint density at radius 3 is 2.35 bits per heavy atom. The number of para-hydroxylation sites is 1. The molecule has 43 heavy (non-hydrogen) atoms. The number of rotatable bonds is 8. The van der Waals surface area contributed by atoms with Crippen molar-refractivity contribution in [3.05, 3.63) is 78.4 Å². The third-order valence-electron chi connectivity index (χ3n) is 7.35. The molecule has 5 amide bonds. The maximum atomic E-state index is 13.5. The van der Waals surface area contributed by atoms with Gasteiger partial charge in [0.15, 0.2) is 0 Å². The second kappa shape index (κ2) is 14.4. The molecule has 228 valence electrons. The zero-order valence-corrected chi connectivity index (χ0v) is 24.9. The first-order valence-electron chi connectivity index (χ1n) is 14.2. The van der Waals surface area contributed by atoms with Crippen LogP contribution in [0, 0.1) is 5.92 Å². The Labute approximate surface area is 251 Å². The van der Waals surface area contributed by atoms with Crippen molar-refractivity contribution in [2.24, 2.45) is 5.92 Å². The number of methoxy groups -OCH3 is 1. The van der Waals surface area contributed by atoms with Gasteiger partial charge < -0.3 is 40.3 Å². The lowest BCUT2D eigenvalue weighted by molar-refractivity contribution is -0.134. The summed E-state index contributed by atoms with van der Waals surface area (Å²) in [6, 6.07) is 20.1. The van der Waals surface area contributed by atoms with E-state index in [9.17, 15) is 19.5 Å². The molecule has 3 atom stereocenters. The molecule has 1 heterocycles. The van der Waals surface area contributed by atoms with E-state index in [-0.39, 0.29) is 37.4 Å². The Hall–Kier alpha value is -4.77. The van der Waals surface area contributed by atoms with E-state index in [0.29, 0.717) is 40.7 Å². The Morgan fingerprint density at radius 1 is 1.02 bits per heavy atom. The third-order valence-corrected chi connectivity index (χ3v) is 7.35. The van der Waals surface area contributed by atoms with Crippen molar-refractivity contribution >= 4 is 35.0 Å². The SMILES string of the molecule is COc1ccc(NC(=O)N(C)C[C@H]2Oc3ccc(NC(=O)Nc4ccccc4)cc3CC(=O)N([C@H](C)CO)C[C@H]2C)cc1. The van der Waals surface area contributed by atoms with Crippen molar-refractivity contribution < 1.29 is 29.0 Å². The molecular formula is C32H39N5O6. The van der Waals surface area contributed by atoms with Crippen molar-refractivity contribution in [1.29, 1.82) is 0 Å². The van der Waals surface area contributed by atoms with E-state index < -0.39 is 18.2 Å². The van der Waals surface area contributed by atoms with Crippen molar-refractivity contribution in [1.82, 2.24) is 9.80 Å². The average Bonchev–Trinajstić information content (AvgIpc) is 3.04. The molecule has 0 radical (unpaired) electrons. The van der Waals surface area contributed by atoms with Gasteiger partial charge in [-0.1, -0.05) is 25.1 Å². The van der Waals surface area contributed by atoms with Gasteiger partial charge in [0.2, 0.25) is 5.91 Å². The second-order valence-corrected chi connectivity index (χ2v) is 10.7. The number of nitrogens with zero attached hydrogens (tertiary/aromatic N) is 2. The van der Waals surface area contributed by atoms with Gasteiger partial charge in [0.05, 0.1) is 32.7 Å². The standard InChI is InChI=1S/C32H39N5O6/c1-21-18-37(22(2)20-38)30(39)17-23-16-26(34-31(40)33-24-8-6-5-7-9-24)12-15-28(23)43-29(21)19-36(3)32(41)35-25-10-13-27(42-4)14-11-25/h5-16,21-22,29,38H,17-20H2,1-4H3,(H,35,41)(H2,33,34,40)/t21-,22-,29-/m1/s1. The number of urea groups is 2. The molecule has 0 aliphatic carbocycles. The van der Waals surface area contributed by atoms with E-state index in [1.165, 1.54) is 4.90 Å². The smallest absolute Gasteiger partial charge is 0.323 e. The summed E-state index contributed by atoms with van der Waals surface area (Å²) < 4.78 is 11.7. The summed E-state index contributed by atoms with van der Waals surface area (Å²) in [6.45, 7) is 4.12. The molecule has 0 saturated heterocycles. The highest BCUT2D eigenvalue weighted by molar-refractivity contribution is 6.00. The molecule has 0 saturated carbocycles. The van der Waals surface area contributed by atoms with Crippen LogP contribution in [0.3, 0.4) is 0 Å². The average molecular weight is 590 g/mol. The zero-order chi connectivity index (χ0) is 30.9. The summed E-state index contributed by atoms with van der Waals surface area (Å²) in [7, 11) is 3.26. The van der Waals surface area contributed by atoms with Gasteiger partial charge in [0.25, 0.3) is 0 Å². The van der Waals surface area contributed by atoms with Crippen LogP contribution in [0.5, 0.6) is 11.5 Å². The number of nitrogens with one attached hydrogen (secondary N) is 3. The fourth-order valence-electron chi connectivity index (χ4n) is 4.79. The summed E-state index contributed by atoms with van der Waals surface area (Å²) in [4.78, 5) is 42.3. The monoisotopic (exact) mass is 589 g/mol. The molecule has 11 nitrogen and oxygen atoms in total. The fourth-order valence-corrected chi connectivity index (χ4v) is 4.79. The Kier molecular flexibility index (Phi) is 10.4. The van der Waals surface area contributed by atoms with E-state index >= 15 is 0 Å². The number of aliphatic hydroxyl groups excluding tert-OH is 1. The van der Waals surface area contributed by atoms with Crippen LogP contribution in [0.15, 0.2) is 72.8 Å². The van der Waals surface area contributed by atoms with Crippen molar-refractivity contribution in [3.8, 4) is 11.5 Å². The number of benzene rings is 3. The second-order valence-electron chi connectivity index (χ2n) is 10.7. The molecule has 4 rings (SSSR count). The highest BCUT2D eigenvalue weighted by Crippen LogP contribution is 2.29. The Balaban J connectivity index is 1.54. The molecule has 0 fully saturated rings. The van der Waals surface area contributed by atoms with Gasteiger partial charge in [-0.2, -0.15) is 0 Å². The van der Waals surface area contributed by atoms with Crippen molar-refractivity contribution in [3.63, 3.8) is 0 Å². The molecule has 4 N–H and O–H groups in total. The molecule has 0 spiro atoms. The molecule has 3 aromatic rings. The molecule has 1 aliphatic heterocycles. The van der Waals surface area contributed by atoms with E-state index in [2.05, 4.69) is 16.0 Å². The number of carbonyl (C=O) groups excluding carboxylic acids is 3. The lowest BCUT2D eigenvalue weighted by Crippen LogP contribution is -2.48. The van der Waals surface area contributed by atoms with Crippen LogP contribution >= 0.6 is 0 Å². The minimum atomic E-state index is -0.482.